The van der Waals surface area contributed by atoms with Crippen LogP contribution < -0.4 is 10.9 Å². The third-order valence-corrected chi connectivity index (χ3v) is 5.23. The fourth-order valence-corrected chi connectivity index (χ4v) is 3.41. The minimum absolute atomic E-state index is 0.00371. The average molecular weight is 421 g/mol. The number of aromatic nitrogens is 2. The first kappa shape index (κ1) is 19.6. The summed E-state index contributed by atoms with van der Waals surface area (Å²) in [5, 5.41) is 20.5. The number of non-ortho nitro benzene ring substituents is 1. The third-order valence-electron chi connectivity index (χ3n) is 4.87. The lowest BCUT2D eigenvalue weighted by Crippen LogP contribution is -2.23. The molecular formula is C22H17ClN4O3. The second-order valence-electron chi connectivity index (χ2n) is 6.84. The smallest absolute Gasteiger partial charge is 0.292 e. The van der Waals surface area contributed by atoms with Gasteiger partial charge in [-0.3, -0.25) is 14.9 Å². The molecule has 4 aromatic rings. The lowest BCUT2D eigenvalue weighted by Gasteiger charge is -2.17. The van der Waals surface area contributed by atoms with E-state index in [9.17, 15) is 14.9 Å². The Labute approximate surface area is 176 Å². The SMILES string of the molecule is C[C@H](Nc1cnn(-c2ccc([N+](=O)[O-])cc2)c(=O)c1Cl)c1ccc2ccccc2c1. The molecule has 0 aliphatic heterocycles. The molecule has 7 nitrogen and oxygen atoms in total. The molecule has 0 spiro atoms. The first-order valence-corrected chi connectivity index (χ1v) is 9.60. The molecule has 150 valence electrons. The monoisotopic (exact) mass is 420 g/mol. The number of nitrogens with zero attached hydrogens (tertiary/aromatic N) is 3. The maximum absolute atomic E-state index is 12.7. The van der Waals surface area contributed by atoms with Gasteiger partial charge in [-0.15, -0.1) is 0 Å². The summed E-state index contributed by atoms with van der Waals surface area (Å²) in [5.41, 5.74) is 1.27. The summed E-state index contributed by atoms with van der Waals surface area (Å²) in [5.74, 6) is 0. The van der Waals surface area contributed by atoms with Crippen molar-refractivity contribution in [1.82, 2.24) is 9.78 Å². The zero-order valence-corrected chi connectivity index (χ0v) is 16.7. The molecule has 0 saturated carbocycles. The minimum Gasteiger partial charge on any atom is -0.376 e. The van der Waals surface area contributed by atoms with E-state index in [4.69, 9.17) is 11.6 Å². The highest BCUT2D eigenvalue weighted by Gasteiger charge is 2.15. The highest BCUT2D eigenvalue weighted by atomic mass is 35.5. The summed E-state index contributed by atoms with van der Waals surface area (Å²) >= 11 is 6.31. The topological polar surface area (TPSA) is 90.1 Å². The first-order chi connectivity index (χ1) is 14.4. The Kier molecular flexibility index (Phi) is 5.20. The van der Waals surface area contributed by atoms with E-state index in [1.165, 1.54) is 30.5 Å². The summed E-state index contributed by atoms with van der Waals surface area (Å²) < 4.78 is 1.11. The van der Waals surface area contributed by atoms with E-state index < -0.39 is 10.5 Å². The van der Waals surface area contributed by atoms with E-state index in [0.717, 1.165) is 21.0 Å². The van der Waals surface area contributed by atoms with Crippen LogP contribution in [0.5, 0.6) is 0 Å². The summed E-state index contributed by atoms with van der Waals surface area (Å²) in [6.07, 6.45) is 1.47. The molecule has 0 unspecified atom stereocenters. The Bertz CT molecular complexity index is 1300. The van der Waals surface area contributed by atoms with E-state index in [1.807, 2.05) is 31.2 Å². The van der Waals surface area contributed by atoms with Crippen LogP contribution in [0.4, 0.5) is 11.4 Å². The molecule has 8 heteroatoms. The Morgan fingerprint density at radius 2 is 1.77 bits per heavy atom. The molecule has 0 fully saturated rings. The Morgan fingerprint density at radius 3 is 2.47 bits per heavy atom. The molecule has 1 atom stereocenters. The van der Waals surface area contributed by atoms with Crippen molar-refractivity contribution in [2.45, 2.75) is 13.0 Å². The molecule has 4 rings (SSSR count). The van der Waals surface area contributed by atoms with Crippen LogP contribution in [0.3, 0.4) is 0 Å². The Morgan fingerprint density at radius 1 is 1.07 bits per heavy atom. The molecule has 1 heterocycles. The molecular weight excluding hydrogens is 404 g/mol. The van der Waals surface area contributed by atoms with Crippen molar-refractivity contribution in [3.05, 3.63) is 104 Å². The number of halogens is 1. The number of nitrogens with one attached hydrogen (secondary N) is 1. The predicted octanol–water partition coefficient (Wildman–Crippen LogP) is 5.12. The second-order valence-corrected chi connectivity index (χ2v) is 7.21. The van der Waals surface area contributed by atoms with Crippen LogP contribution in [0.1, 0.15) is 18.5 Å². The fraction of sp³-hybridized carbons (Fsp3) is 0.0909. The summed E-state index contributed by atoms with van der Waals surface area (Å²) in [6, 6.07) is 19.7. The van der Waals surface area contributed by atoms with Gasteiger partial charge in [0.1, 0.15) is 5.02 Å². The van der Waals surface area contributed by atoms with Crippen LogP contribution in [0.2, 0.25) is 5.02 Å². The molecule has 0 aliphatic rings. The zero-order valence-electron chi connectivity index (χ0n) is 15.9. The van der Waals surface area contributed by atoms with Gasteiger partial charge >= 0.3 is 0 Å². The molecule has 1 aromatic heterocycles. The lowest BCUT2D eigenvalue weighted by molar-refractivity contribution is -0.384. The van der Waals surface area contributed by atoms with E-state index in [-0.39, 0.29) is 16.8 Å². The highest BCUT2D eigenvalue weighted by molar-refractivity contribution is 6.33. The molecule has 0 aliphatic carbocycles. The maximum Gasteiger partial charge on any atom is 0.292 e. The number of anilines is 1. The van der Waals surface area contributed by atoms with Crippen molar-refractivity contribution in [2.75, 3.05) is 5.32 Å². The van der Waals surface area contributed by atoms with E-state index in [0.29, 0.717) is 11.4 Å². The highest BCUT2D eigenvalue weighted by Crippen LogP contribution is 2.26. The van der Waals surface area contributed by atoms with Gasteiger partial charge in [0.05, 0.1) is 22.5 Å². The number of nitro benzene ring substituents is 1. The van der Waals surface area contributed by atoms with Crippen LogP contribution >= 0.6 is 11.6 Å². The minimum atomic E-state index is -0.513. The van der Waals surface area contributed by atoms with Crippen LogP contribution in [0, 0.1) is 10.1 Å². The van der Waals surface area contributed by atoms with Gasteiger partial charge in [-0.05, 0) is 41.5 Å². The van der Waals surface area contributed by atoms with Gasteiger partial charge in [0.15, 0.2) is 0 Å². The summed E-state index contributed by atoms with van der Waals surface area (Å²) in [6.45, 7) is 1.97. The largest absolute Gasteiger partial charge is 0.376 e. The number of nitro groups is 1. The van der Waals surface area contributed by atoms with E-state index in [2.05, 4.69) is 28.6 Å². The molecule has 0 saturated heterocycles. The number of benzene rings is 3. The number of hydrogen-bond acceptors (Lipinski definition) is 5. The van der Waals surface area contributed by atoms with Gasteiger partial charge in [0.25, 0.3) is 11.2 Å². The van der Waals surface area contributed by atoms with Crippen molar-refractivity contribution in [1.29, 1.82) is 0 Å². The zero-order chi connectivity index (χ0) is 21.3. The molecule has 0 bridgehead atoms. The van der Waals surface area contributed by atoms with Gasteiger partial charge in [0, 0.05) is 18.2 Å². The second kappa shape index (κ2) is 7.96. The molecule has 3 aromatic carbocycles. The normalized spacial score (nSPS) is 11.9. The first-order valence-electron chi connectivity index (χ1n) is 9.22. The fourth-order valence-electron chi connectivity index (χ4n) is 3.23. The van der Waals surface area contributed by atoms with Crippen molar-refractivity contribution in [3.8, 4) is 5.69 Å². The molecule has 0 amide bonds. The van der Waals surface area contributed by atoms with Crippen molar-refractivity contribution < 1.29 is 4.92 Å². The maximum atomic E-state index is 12.7. The van der Waals surface area contributed by atoms with Gasteiger partial charge in [-0.25, -0.2) is 0 Å². The summed E-state index contributed by atoms with van der Waals surface area (Å²) in [4.78, 5) is 23.0. The van der Waals surface area contributed by atoms with Crippen LogP contribution in [-0.4, -0.2) is 14.7 Å². The predicted molar refractivity (Wildman–Crippen MR) is 117 cm³/mol. The Balaban J connectivity index is 1.61. The quantitative estimate of drug-likeness (QED) is 0.357. The van der Waals surface area contributed by atoms with Gasteiger partial charge < -0.3 is 5.32 Å². The third kappa shape index (κ3) is 3.75. The number of hydrogen-bond donors (Lipinski definition) is 1. The van der Waals surface area contributed by atoms with Crippen LogP contribution in [0.15, 0.2) is 77.7 Å². The van der Waals surface area contributed by atoms with E-state index in [1.54, 1.807) is 0 Å². The van der Waals surface area contributed by atoms with Crippen molar-refractivity contribution in [2.24, 2.45) is 0 Å². The lowest BCUT2D eigenvalue weighted by atomic mass is 10.0. The van der Waals surface area contributed by atoms with Gasteiger partial charge in [-0.1, -0.05) is 48.0 Å². The van der Waals surface area contributed by atoms with Gasteiger partial charge in [-0.2, -0.15) is 9.78 Å². The van der Waals surface area contributed by atoms with Crippen LogP contribution in [-0.2, 0) is 0 Å². The number of rotatable bonds is 5. The van der Waals surface area contributed by atoms with Crippen molar-refractivity contribution >= 4 is 33.7 Å². The van der Waals surface area contributed by atoms with E-state index >= 15 is 0 Å². The van der Waals surface area contributed by atoms with Gasteiger partial charge in [0.2, 0.25) is 0 Å². The number of fused-ring (bicyclic) bond motifs is 1. The summed E-state index contributed by atoms with van der Waals surface area (Å²) in [7, 11) is 0. The van der Waals surface area contributed by atoms with Crippen LogP contribution in [0.25, 0.3) is 16.5 Å². The Hall–Kier alpha value is -3.71. The molecule has 30 heavy (non-hydrogen) atoms. The molecule has 1 N–H and O–H groups in total. The molecule has 0 radical (unpaired) electrons. The van der Waals surface area contributed by atoms with Crippen molar-refractivity contribution in [3.63, 3.8) is 0 Å². The average Bonchev–Trinajstić information content (AvgIpc) is 2.76. The standard InChI is InChI=1S/C22H17ClN4O3/c1-14(16-7-6-15-4-2-3-5-17(15)12-16)25-20-13-24-26(22(28)21(20)23)18-8-10-19(11-9-18)27(29)30/h2-14,25H,1H3/t14-/m0/s1.